The fourth-order valence-corrected chi connectivity index (χ4v) is 3.01. The number of aliphatic hydroxyl groups is 1. The van der Waals surface area contributed by atoms with Gasteiger partial charge >= 0.3 is 0 Å². The lowest BCUT2D eigenvalue weighted by Gasteiger charge is -2.08. The van der Waals surface area contributed by atoms with Crippen molar-refractivity contribution in [2.45, 2.75) is 4.90 Å². The lowest BCUT2D eigenvalue weighted by atomic mass is 10.1. The van der Waals surface area contributed by atoms with Gasteiger partial charge in [0.25, 0.3) is 0 Å². The molecule has 7 heteroatoms. The molecule has 4 N–H and O–H groups in total. The second-order valence-electron chi connectivity index (χ2n) is 4.88. The Hall–Kier alpha value is -1.93. The smallest absolute Gasteiger partial charge is 0.240 e. The highest BCUT2D eigenvalue weighted by atomic mass is 32.2. The Morgan fingerprint density at radius 2 is 1.52 bits per heavy atom. The first kappa shape index (κ1) is 17.4. The van der Waals surface area contributed by atoms with Gasteiger partial charge in [0, 0.05) is 12.2 Å². The second kappa shape index (κ2) is 8.07. The molecule has 0 bridgehead atoms. The van der Waals surface area contributed by atoms with Gasteiger partial charge in [-0.15, -0.1) is 0 Å². The van der Waals surface area contributed by atoms with Gasteiger partial charge in [0.15, 0.2) is 0 Å². The number of hydrogen-bond acceptors (Lipinski definition) is 5. The van der Waals surface area contributed by atoms with Crippen LogP contribution in [0.4, 0.5) is 5.69 Å². The summed E-state index contributed by atoms with van der Waals surface area (Å²) in [5.74, 6) is 0. The fourth-order valence-electron chi connectivity index (χ4n) is 2.00. The maximum atomic E-state index is 12.1. The highest BCUT2D eigenvalue weighted by Gasteiger charge is 2.13. The summed E-state index contributed by atoms with van der Waals surface area (Å²) in [6, 6.07) is 14.0. The van der Waals surface area contributed by atoms with Crippen molar-refractivity contribution in [2.24, 2.45) is 0 Å². The van der Waals surface area contributed by atoms with Crippen LogP contribution >= 0.6 is 0 Å². The maximum absolute atomic E-state index is 12.1. The van der Waals surface area contributed by atoms with Gasteiger partial charge < -0.3 is 15.6 Å². The molecule has 0 unspecified atom stereocenters. The van der Waals surface area contributed by atoms with E-state index in [0.717, 1.165) is 11.1 Å². The van der Waals surface area contributed by atoms with E-state index < -0.39 is 10.0 Å². The van der Waals surface area contributed by atoms with Crippen LogP contribution in [0.25, 0.3) is 11.1 Å². The molecule has 0 spiro atoms. The third-order valence-corrected chi connectivity index (χ3v) is 4.66. The molecule has 0 aliphatic heterocycles. The van der Waals surface area contributed by atoms with Gasteiger partial charge in [0.1, 0.15) is 0 Å². The van der Waals surface area contributed by atoms with Crippen LogP contribution in [0, 0.1) is 0 Å². The van der Waals surface area contributed by atoms with Crippen molar-refractivity contribution in [1.82, 2.24) is 4.72 Å². The monoisotopic (exact) mass is 336 g/mol. The van der Waals surface area contributed by atoms with Crippen molar-refractivity contribution >= 4 is 15.7 Å². The number of ether oxygens (including phenoxy) is 1. The molecule has 2 aromatic carbocycles. The minimum Gasteiger partial charge on any atom is -0.399 e. The second-order valence-corrected chi connectivity index (χ2v) is 6.65. The van der Waals surface area contributed by atoms with E-state index >= 15 is 0 Å². The third kappa shape index (κ3) is 5.04. The molecular weight excluding hydrogens is 316 g/mol. The summed E-state index contributed by atoms with van der Waals surface area (Å²) in [4.78, 5) is 0.193. The number of sulfonamides is 1. The Morgan fingerprint density at radius 1 is 0.957 bits per heavy atom. The Kier molecular flexibility index (Phi) is 6.12. The molecule has 124 valence electrons. The molecule has 0 amide bonds. The number of nitrogens with one attached hydrogen (secondary N) is 1. The summed E-state index contributed by atoms with van der Waals surface area (Å²) in [7, 11) is -3.57. The van der Waals surface area contributed by atoms with Crippen molar-refractivity contribution in [3.63, 3.8) is 0 Å². The zero-order valence-corrected chi connectivity index (χ0v) is 13.4. The largest absolute Gasteiger partial charge is 0.399 e. The average molecular weight is 336 g/mol. The van der Waals surface area contributed by atoms with E-state index in [1.807, 2.05) is 12.1 Å². The molecule has 0 heterocycles. The van der Waals surface area contributed by atoms with Gasteiger partial charge in [-0.25, -0.2) is 13.1 Å². The lowest BCUT2D eigenvalue weighted by molar-refractivity contribution is 0.0961. The molecule has 0 aliphatic carbocycles. The van der Waals surface area contributed by atoms with Crippen molar-refractivity contribution < 1.29 is 18.3 Å². The van der Waals surface area contributed by atoms with E-state index in [9.17, 15) is 8.42 Å². The average Bonchev–Trinajstić information content (AvgIpc) is 2.55. The van der Waals surface area contributed by atoms with Crippen LogP contribution in [0.2, 0.25) is 0 Å². The zero-order valence-electron chi connectivity index (χ0n) is 12.6. The zero-order chi connectivity index (χ0) is 16.7. The highest BCUT2D eigenvalue weighted by molar-refractivity contribution is 7.89. The first-order valence-corrected chi connectivity index (χ1v) is 8.65. The SMILES string of the molecule is Nc1ccc(-c2ccc(S(=O)(=O)NCCOCCO)cc2)cc1. The van der Waals surface area contributed by atoms with Crippen molar-refractivity contribution in [1.29, 1.82) is 0 Å². The van der Waals surface area contributed by atoms with Crippen LogP contribution in [0.1, 0.15) is 0 Å². The Morgan fingerprint density at radius 3 is 2.09 bits per heavy atom. The van der Waals surface area contributed by atoms with Crippen LogP contribution in [0.5, 0.6) is 0 Å². The lowest BCUT2D eigenvalue weighted by Crippen LogP contribution is -2.27. The minimum atomic E-state index is -3.57. The number of rotatable bonds is 8. The van der Waals surface area contributed by atoms with E-state index in [2.05, 4.69) is 4.72 Å². The molecule has 6 nitrogen and oxygen atoms in total. The first-order valence-electron chi connectivity index (χ1n) is 7.17. The highest BCUT2D eigenvalue weighted by Crippen LogP contribution is 2.22. The number of nitrogens with two attached hydrogens (primary N) is 1. The Balaban J connectivity index is 2.02. The van der Waals surface area contributed by atoms with Crippen molar-refractivity contribution in [2.75, 3.05) is 32.1 Å². The normalized spacial score (nSPS) is 11.5. The number of anilines is 1. The molecule has 2 aromatic rings. The van der Waals surface area contributed by atoms with E-state index in [4.69, 9.17) is 15.6 Å². The summed E-state index contributed by atoms with van der Waals surface area (Å²) in [5, 5.41) is 8.57. The maximum Gasteiger partial charge on any atom is 0.240 e. The van der Waals surface area contributed by atoms with E-state index in [-0.39, 0.29) is 31.3 Å². The Labute approximate surface area is 136 Å². The van der Waals surface area contributed by atoms with E-state index in [1.165, 1.54) is 0 Å². The quantitative estimate of drug-likeness (QED) is 0.497. The van der Waals surface area contributed by atoms with Gasteiger partial charge in [-0.2, -0.15) is 0 Å². The molecule has 0 saturated carbocycles. The molecule has 0 aliphatic rings. The fraction of sp³-hybridized carbons (Fsp3) is 0.250. The number of benzene rings is 2. The molecular formula is C16H20N2O4S. The number of hydrogen-bond donors (Lipinski definition) is 3. The van der Waals surface area contributed by atoms with Crippen LogP contribution in [-0.4, -0.2) is 39.9 Å². The molecule has 23 heavy (non-hydrogen) atoms. The molecule has 2 rings (SSSR count). The molecule has 0 saturated heterocycles. The van der Waals surface area contributed by atoms with E-state index in [0.29, 0.717) is 5.69 Å². The van der Waals surface area contributed by atoms with Gasteiger partial charge in [0.05, 0.1) is 24.7 Å². The summed E-state index contributed by atoms with van der Waals surface area (Å²) >= 11 is 0. The number of aliphatic hydroxyl groups excluding tert-OH is 1. The van der Waals surface area contributed by atoms with E-state index in [1.54, 1.807) is 36.4 Å². The van der Waals surface area contributed by atoms with Gasteiger partial charge in [-0.1, -0.05) is 24.3 Å². The third-order valence-electron chi connectivity index (χ3n) is 3.18. The van der Waals surface area contributed by atoms with Crippen LogP contribution in [0.15, 0.2) is 53.4 Å². The van der Waals surface area contributed by atoms with Gasteiger partial charge in [-0.3, -0.25) is 0 Å². The minimum absolute atomic E-state index is 0.0840. The molecule has 0 aromatic heterocycles. The van der Waals surface area contributed by atoms with Gasteiger partial charge in [0.2, 0.25) is 10.0 Å². The van der Waals surface area contributed by atoms with Crippen LogP contribution < -0.4 is 10.5 Å². The van der Waals surface area contributed by atoms with Crippen molar-refractivity contribution in [3.8, 4) is 11.1 Å². The van der Waals surface area contributed by atoms with Gasteiger partial charge in [-0.05, 0) is 35.4 Å². The molecule has 0 fully saturated rings. The summed E-state index contributed by atoms with van der Waals surface area (Å²) < 4.78 is 31.7. The van der Waals surface area contributed by atoms with Crippen LogP contribution in [0.3, 0.4) is 0 Å². The summed E-state index contributed by atoms with van der Waals surface area (Å²) in [6.45, 7) is 0.475. The van der Waals surface area contributed by atoms with Crippen LogP contribution in [-0.2, 0) is 14.8 Å². The topological polar surface area (TPSA) is 102 Å². The Bertz CT molecular complexity index is 713. The van der Waals surface area contributed by atoms with Crippen molar-refractivity contribution in [3.05, 3.63) is 48.5 Å². The summed E-state index contributed by atoms with van der Waals surface area (Å²) in [5.41, 5.74) is 8.21. The number of nitrogen functional groups attached to an aromatic ring is 1. The standard InChI is InChI=1S/C16H20N2O4S/c17-15-5-1-13(2-6-15)14-3-7-16(8-4-14)23(20,21)18-9-11-22-12-10-19/h1-8,18-19H,9-12,17H2. The molecule has 0 radical (unpaired) electrons. The summed E-state index contributed by atoms with van der Waals surface area (Å²) in [6.07, 6.45) is 0. The first-order chi connectivity index (χ1) is 11.0. The predicted molar refractivity (Wildman–Crippen MR) is 89.4 cm³/mol. The molecule has 0 atom stereocenters. The predicted octanol–water partition coefficient (Wildman–Crippen LogP) is 1.22.